The van der Waals surface area contributed by atoms with Gasteiger partial charge in [-0.1, -0.05) is 40.2 Å². The summed E-state index contributed by atoms with van der Waals surface area (Å²) in [5.41, 5.74) is 1.76. The first-order valence-electron chi connectivity index (χ1n) is 9.63. The number of aliphatic imine (C=N–C) groups is 1. The van der Waals surface area contributed by atoms with Gasteiger partial charge < -0.3 is 14.6 Å². The molecule has 3 aromatic carbocycles. The molecule has 0 spiro atoms. The average Bonchev–Trinajstić information content (AvgIpc) is 3.26. The molecule has 0 aliphatic carbocycles. The Morgan fingerprint density at radius 1 is 1.00 bits per heavy atom. The third-order valence-electron chi connectivity index (χ3n) is 5.14. The minimum Gasteiger partial charge on any atom is -0.494 e. The van der Waals surface area contributed by atoms with E-state index in [-0.39, 0.29) is 24.8 Å². The number of hydrogen-bond donors (Lipinski definition) is 1. The number of pyridine rings is 1. The highest BCUT2D eigenvalue weighted by Gasteiger charge is 2.17. The van der Waals surface area contributed by atoms with Gasteiger partial charge in [-0.25, -0.2) is 0 Å². The van der Waals surface area contributed by atoms with Crippen molar-refractivity contribution in [3.8, 4) is 17.4 Å². The second-order valence-electron chi connectivity index (χ2n) is 7.10. The van der Waals surface area contributed by atoms with Gasteiger partial charge in [-0.05, 0) is 48.0 Å². The van der Waals surface area contributed by atoms with E-state index < -0.39 is 0 Å². The summed E-state index contributed by atoms with van der Waals surface area (Å²) in [5.74, 6) is 1.16. The van der Waals surface area contributed by atoms with Crippen LogP contribution in [0.5, 0.6) is 17.4 Å². The fraction of sp³-hybridized carbons (Fsp3) is 0.0833. The van der Waals surface area contributed by atoms with Crippen molar-refractivity contribution in [3.63, 3.8) is 0 Å². The summed E-state index contributed by atoms with van der Waals surface area (Å²) in [6, 6.07) is 20.2. The Morgan fingerprint density at radius 2 is 1.74 bits per heavy atom. The number of aromatic nitrogens is 1. The molecule has 1 aliphatic heterocycles. The van der Waals surface area contributed by atoms with Crippen LogP contribution >= 0.6 is 15.9 Å². The number of aromatic hydroxyl groups is 1. The predicted molar refractivity (Wildman–Crippen MR) is 123 cm³/mol. The van der Waals surface area contributed by atoms with Crippen LogP contribution in [0.4, 0.5) is 5.69 Å². The number of hydrogen-bond acceptors (Lipinski definition) is 5. The van der Waals surface area contributed by atoms with E-state index in [2.05, 4.69) is 20.9 Å². The Hall–Kier alpha value is -3.58. The molecule has 31 heavy (non-hydrogen) atoms. The van der Waals surface area contributed by atoms with E-state index in [1.54, 1.807) is 24.4 Å². The van der Waals surface area contributed by atoms with Gasteiger partial charge in [0.05, 0.1) is 17.8 Å². The van der Waals surface area contributed by atoms with E-state index in [1.807, 2.05) is 48.5 Å². The first kappa shape index (κ1) is 19.4. The topological polar surface area (TPSA) is 73.0 Å². The van der Waals surface area contributed by atoms with Crippen LogP contribution in [0.15, 0.2) is 81.0 Å². The van der Waals surface area contributed by atoms with Crippen molar-refractivity contribution in [3.05, 3.63) is 92.7 Å². The molecule has 1 aromatic heterocycles. The lowest BCUT2D eigenvalue weighted by molar-refractivity contribution is 0.174. The van der Waals surface area contributed by atoms with Gasteiger partial charge >= 0.3 is 0 Å². The zero-order chi connectivity index (χ0) is 21.4. The summed E-state index contributed by atoms with van der Waals surface area (Å²) in [5, 5.41) is 12.2. The van der Waals surface area contributed by atoms with Crippen molar-refractivity contribution in [2.75, 3.05) is 6.79 Å². The van der Waals surface area contributed by atoms with Crippen LogP contribution in [0.2, 0.25) is 0 Å². The van der Waals surface area contributed by atoms with Gasteiger partial charge in [-0.15, -0.1) is 0 Å². The first-order valence-corrected chi connectivity index (χ1v) is 10.4. The minimum absolute atomic E-state index is 0.137. The molecule has 154 valence electrons. The van der Waals surface area contributed by atoms with E-state index in [9.17, 15) is 9.90 Å². The van der Waals surface area contributed by atoms with E-state index in [1.165, 1.54) is 4.57 Å². The molecule has 0 atom stereocenters. The van der Waals surface area contributed by atoms with Crippen molar-refractivity contribution in [2.45, 2.75) is 6.54 Å². The molecule has 0 saturated heterocycles. The molecule has 0 saturated carbocycles. The molecule has 2 heterocycles. The molecule has 5 rings (SSSR count). The maximum atomic E-state index is 13.1. The Kier molecular flexibility index (Phi) is 4.95. The monoisotopic (exact) mass is 476 g/mol. The van der Waals surface area contributed by atoms with Crippen molar-refractivity contribution in [1.82, 2.24) is 4.57 Å². The molecule has 1 N–H and O–H groups in total. The molecule has 0 unspecified atom stereocenters. The average molecular weight is 477 g/mol. The minimum atomic E-state index is -0.272. The Labute approximate surface area is 186 Å². The van der Waals surface area contributed by atoms with Gasteiger partial charge in [-0.2, -0.15) is 0 Å². The van der Waals surface area contributed by atoms with Gasteiger partial charge in [0.2, 0.25) is 12.7 Å². The number of fused-ring (bicyclic) bond motifs is 2. The van der Waals surface area contributed by atoms with Crippen molar-refractivity contribution < 1.29 is 14.6 Å². The molecule has 6 nitrogen and oxygen atoms in total. The molecule has 1 aliphatic rings. The van der Waals surface area contributed by atoms with Gasteiger partial charge in [0.15, 0.2) is 11.5 Å². The lowest BCUT2D eigenvalue weighted by atomic mass is 10.1. The number of nitrogens with zero attached hydrogens (tertiary/aromatic N) is 2. The molecular formula is C24H17BrN2O4. The summed E-state index contributed by atoms with van der Waals surface area (Å²) in [7, 11) is 0. The summed E-state index contributed by atoms with van der Waals surface area (Å²) < 4.78 is 13.1. The zero-order valence-electron chi connectivity index (χ0n) is 16.3. The van der Waals surface area contributed by atoms with Crippen LogP contribution in [0, 0.1) is 0 Å². The smallest absolute Gasteiger partial charge is 0.261 e. The van der Waals surface area contributed by atoms with Crippen molar-refractivity contribution in [1.29, 1.82) is 0 Å². The lowest BCUT2D eigenvalue weighted by Gasteiger charge is -2.14. The van der Waals surface area contributed by atoms with Crippen LogP contribution in [0.1, 0.15) is 11.1 Å². The zero-order valence-corrected chi connectivity index (χ0v) is 17.9. The quantitative estimate of drug-likeness (QED) is 0.420. The van der Waals surface area contributed by atoms with Crippen LogP contribution in [0.3, 0.4) is 0 Å². The van der Waals surface area contributed by atoms with Gasteiger partial charge in [0, 0.05) is 21.5 Å². The maximum absolute atomic E-state index is 13.1. The largest absolute Gasteiger partial charge is 0.494 e. The second kappa shape index (κ2) is 7.92. The normalized spacial score (nSPS) is 12.7. The summed E-state index contributed by atoms with van der Waals surface area (Å²) in [6.45, 7) is 0.363. The third-order valence-corrected chi connectivity index (χ3v) is 5.67. The standard InChI is InChI=1S/C24H17BrN2O4/c25-16-6-8-17(9-7-16)26-12-20-18-3-1-2-4-19(18)23(28)27(24(20)29)13-15-5-10-21-22(11-15)31-14-30-21/h1-12,29H,13-14H2. The number of rotatable bonds is 4. The SMILES string of the molecule is O=c1c2ccccc2c(C=Nc2ccc(Br)cc2)c(O)n1Cc1ccc2c(c1)OCO2. The van der Waals surface area contributed by atoms with E-state index >= 15 is 0 Å². The highest BCUT2D eigenvalue weighted by atomic mass is 79.9. The number of benzene rings is 3. The molecule has 0 fully saturated rings. The highest BCUT2D eigenvalue weighted by Crippen LogP contribution is 2.33. The molecule has 7 heteroatoms. The van der Waals surface area contributed by atoms with E-state index in [0.29, 0.717) is 27.8 Å². The summed E-state index contributed by atoms with van der Waals surface area (Å²) >= 11 is 3.41. The fourth-order valence-corrected chi connectivity index (χ4v) is 3.84. The lowest BCUT2D eigenvalue weighted by Crippen LogP contribution is -2.22. The summed E-state index contributed by atoms with van der Waals surface area (Å²) in [4.78, 5) is 17.6. The molecule has 0 amide bonds. The Bertz CT molecular complexity index is 1380. The van der Waals surface area contributed by atoms with Crippen LogP contribution in [-0.4, -0.2) is 22.7 Å². The molecule has 4 aromatic rings. The van der Waals surface area contributed by atoms with Gasteiger partial charge in [-0.3, -0.25) is 14.4 Å². The van der Waals surface area contributed by atoms with Crippen molar-refractivity contribution in [2.24, 2.45) is 4.99 Å². The summed E-state index contributed by atoms with van der Waals surface area (Å²) in [6.07, 6.45) is 1.59. The molecule has 0 bridgehead atoms. The maximum Gasteiger partial charge on any atom is 0.261 e. The fourth-order valence-electron chi connectivity index (χ4n) is 3.57. The highest BCUT2D eigenvalue weighted by molar-refractivity contribution is 9.10. The Morgan fingerprint density at radius 3 is 2.55 bits per heavy atom. The van der Waals surface area contributed by atoms with Crippen LogP contribution in [0.25, 0.3) is 10.8 Å². The van der Waals surface area contributed by atoms with Crippen LogP contribution < -0.4 is 15.0 Å². The first-order chi connectivity index (χ1) is 15.1. The molecule has 0 radical (unpaired) electrons. The van der Waals surface area contributed by atoms with E-state index in [0.717, 1.165) is 15.7 Å². The predicted octanol–water partition coefficient (Wildman–Crippen LogP) is 5.00. The van der Waals surface area contributed by atoms with Crippen molar-refractivity contribution >= 4 is 38.6 Å². The van der Waals surface area contributed by atoms with Crippen LogP contribution in [-0.2, 0) is 6.54 Å². The van der Waals surface area contributed by atoms with Gasteiger partial charge in [0.1, 0.15) is 0 Å². The molecular weight excluding hydrogens is 460 g/mol. The number of halogens is 1. The third kappa shape index (κ3) is 3.68. The van der Waals surface area contributed by atoms with E-state index in [4.69, 9.17) is 9.47 Å². The Balaban J connectivity index is 1.61. The second-order valence-corrected chi connectivity index (χ2v) is 8.01. The number of ether oxygens (including phenoxy) is 2. The van der Waals surface area contributed by atoms with Gasteiger partial charge in [0.25, 0.3) is 5.56 Å².